The summed E-state index contributed by atoms with van der Waals surface area (Å²) in [5.74, 6) is -1.28. The van der Waals surface area contributed by atoms with Crippen LogP contribution in [0.25, 0.3) is 10.8 Å². The zero-order valence-corrected chi connectivity index (χ0v) is 12.4. The molecule has 4 rings (SSSR count). The summed E-state index contributed by atoms with van der Waals surface area (Å²) in [5, 5.41) is 30.4. The standard InChI is InChI=1S/C19H12O5/c20-8-9-6-10-4-5-12-17(15(10)14(22)7-9)19(24)11-2-1-3-13(21)16(11)18(12)23/h1-7,20-22H,8H2. The van der Waals surface area contributed by atoms with E-state index in [1.807, 2.05) is 0 Å². The molecule has 0 heterocycles. The summed E-state index contributed by atoms with van der Waals surface area (Å²) in [6, 6.07) is 10.5. The number of ketones is 2. The second kappa shape index (κ2) is 4.91. The molecule has 0 spiro atoms. The van der Waals surface area contributed by atoms with Gasteiger partial charge in [0.1, 0.15) is 11.5 Å². The maximum Gasteiger partial charge on any atom is 0.198 e. The molecule has 0 bridgehead atoms. The highest BCUT2D eigenvalue weighted by molar-refractivity contribution is 6.33. The molecule has 0 saturated carbocycles. The predicted octanol–water partition coefficient (Wildman–Crippen LogP) is 2.52. The second-order valence-electron chi connectivity index (χ2n) is 5.72. The predicted molar refractivity (Wildman–Crippen MR) is 86.5 cm³/mol. The lowest BCUT2D eigenvalue weighted by molar-refractivity contribution is 0.0978. The van der Waals surface area contributed by atoms with Crippen LogP contribution >= 0.6 is 0 Å². The maximum absolute atomic E-state index is 12.9. The van der Waals surface area contributed by atoms with Crippen LogP contribution < -0.4 is 0 Å². The second-order valence-corrected chi connectivity index (χ2v) is 5.72. The van der Waals surface area contributed by atoms with Gasteiger partial charge in [-0.25, -0.2) is 0 Å². The molecule has 0 radical (unpaired) electrons. The summed E-state index contributed by atoms with van der Waals surface area (Å²) in [4.78, 5) is 25.6. The zero-order chi connectivity index (χ0) is 17.0. The third-order valence-corrected chi connectivity index (χ3v) is 4.33. The molecule has 0 amide bonds. The Hall–Kier alpha value is -3.18. The fourth-order valence-electron chi connectivity index (χ4n) is 3.26. The van der Waals surface area contributed by atoms with Crippen molar-refractivity contribution in [2.45, 2.75) is 6.61 Å². The first-order chi connectivity index (χ1) is 11.5. The van der Waals surface area contributed by atoms with E-state index in [0.717, 1.165) is 0 Å². The molecule has 0 unspecified atom stereocenters. The average molecular weight is 320 g/mol. The van der Waals surface area contributed by atoms with Crippen molar-refractivity contribution in [2.24, 2.45) is 0 Å². The molecular weight excluding hydrogens is 308 g/mol. The molecule has 24 heavy (non-hydrogen) atoms. The van der Waals surface area contributed by atoms with Gasteiger partial charge in [-0.15, -0.1) is 0 Å². The Morgan fingerprint density at radius 3 is 2.25 bits per heavy atom. The maximum atomic E-state index is 12.9. The number of carbonyl (C=O) groups excluding carboxylic acids is 2. The Kier molecular flexibility index (Phi) is 2.95. The van der Waals surface area contributed by atoms with E-state index in [2.05, 4.69) is 0 Å². The fourth-order valence-corrected chi connectivity index (χ4v) is 3.26. The van der Waals surface area contributed by atoms with E-state index < -0.39 is 11.6 Å². The van der Waals surface area contributed by atoms with Crippen LogP contribution in [0, 0.1) is 0 Å². The molecule has 0 aliphatic heterocycles. The number of aliphatic hydroxyl groups is 1. The Morgan fingerprint density at radius 2 is 1.50 bits per heavy atom. The summed E-state index contributed by atoms with van der Waals surface area (Å²) in [6.45, 7) is -0.246. The number of carbonyl (C=O) groups is 2. The van der Waals surface area contributed by atoms with Gasteiger partial charge in [0.25, 0.3) is 0 Å². The van der Waals surface area contributed by atoms with Gasteiger partial charge in [0.05, 0.1) is 12.2 Å². The number of aromatic hydroxyl groups is 2. The number of fused-ring (bicyclic) bond motifs is 4. The topological polar surface area (TPSA) is 94.8 Å². The van der Waals surface area contributed by atoms with Crippen molar-refractivity contribution < 1.29 is 24.9 Å². The summed E-state index contributed by atoms with van der Waals surface area (Å²) in [6.07, 6.45) is 0. The first-order valence-electron chi connectivity index (χ1n) is 7.33. The van der Waals surface area contributed by atoms with Crippen LogP contribution in [0.15, 0.2) is 42.5 Å². The van der Waals surface area contributed by atoms with Gasteiger partial charge >= 0.3 is 0 Å². The number of phenols is 2. The Balaban J connectivity index is 2.11. The van der Waals surface area contributed by atoms with Crippen molar-refractivity contribution in [3.63, 3.8) is 0 Å². The van der Waals surface area contributed by atoms with Crippen molar-refractivity contribution in [3.05, 3.63) is 70.3 Å². The number of phenolic OH excluding ortho intramolecular Hbond substituents is 2. The van der Waals surface area contributed by atoms with E-state index >= 15 is 0 Å². The van der Waals surface area contributed by atoms with Crippen LogP contribution in [0.5, 0.6) is 11.5 Å². The molecule has 0 fully saturated rings. The number of hydrogen-bond acceptors (Lipinski definition) is 5. The van der Waals surface area contributed by atoms with Crippen LogP contribution in [-0.2, 0) is 6.61 Å². The Morgan fingerprint density at radius 1 is 0.792 bits per heavy atom. The lowest BCUT2D eigenvalue weighted by Gasteiger charge is -2.20. The SMILES string of the molecule is O=C1c2ccc3cc(CO)cc(O)c3c2C(=O)c2cccc(O)c21. The van der Waals surface area contributed by atoms with Crippen LogP contribution in [-0.4, -0.2) is 26.9 Å². The number of benzene rings is 3. The molecule has 3 aromatic carbocycles. The van der Waals surface area contributed by atoms with E-state index in [1.165, 1.54) is 30.3 Å². The summed E-state index contributed by atoms with van der Waals surface area (Å²) >= 11 is 0. The van der Waals surface area contributed by atoms with Gasteiger partial charge in [0.15, 0.2) is 11.6 Å². The van der Waals surface area contributed by atoms with Crippen molar-refractivity contribution in [3.8, 4) is 11.5 Å². The summed E-state index contributed by atoms with van der Waals surface area (Å²) in [5.41, 5.74) is 0.880. The van der Waals surface area contributed by atoms with Crippen LogP contribution in [0.3, 0.4) is 0 Å². The first kappa shape index (κ1) is 14.4. The van der Waals surface area contributed by atoms with Crippen LogP contribution in [0.2, 0.25) is 0 Å². The molecule has 5 heteroatoms. The fraction of sp³-hybridized carbons (Fsp3) is 0.0526. The quantitative estimate of drug-likeness (QED) is 0.501. The van der Waals surface area contributed by atoms with Gasteiger partial charge in [0, 0.05) is 22.1 Å². The highest BCUT2D eigenvalue weighted by Gasteiger charge is 2.33. The smallest absolute Gasteiger partial charge is 0.198 e. The lowest BCUT2D eigenvalue weighted by atomic mass is 9.81. The molecule has 0 aromatic heterocycles. The molecule has 1 aliphatic carbocycles. The van der Waals surface area contributed by atoms with Gasteiger partial charge in [-0.05, 0) is 35.2 Å². The Bertz CT molecular complexity index is 1050. The van der Waals surface area contributed by atoms with Crippen molar-refractivity contribution in [2.75, 3.05) is 0 Å². The minimum Gasteiger partial charge on any atom is -0.507 e. The lowest BCUT2D eigenvalue weighted by Crippen LogP contribution is -2.21. The zero-order valence-electron chi connectivity index (χ0n) is 12.4. The number of rotatable bonds is 1. The van der Waals surface area contributed by atoms with E-state index in [1.54, 1.807) is 12.1 Å². The molecule has 0 atom stereocenters. The van der Waals surface area contributed by atoms with Crippen LogP contribution in [0.1, 0.15) is 37.4 Å². The molecule has 0 saturated heterocycles. The highest BCUT2D eigenvalue weighted by atomic mass is 16.3. The highest BCUT2D eigenvalue weighted by Crippen LogP contribution is 2.39. The van der Waals surface area contributed by atoms with Crippen LogP contribution in [0.4, 0.5) is 0 Å². The van der Waals surface area contributed by atoms with Gasteiger partial charge < -0.3 is 15.3 Å². The Labute approximate surface area is 136 Å². The third-order valence-electron chi connectivity index (χ3n) is 4.33. The third kappa shape index (κ3) is 1.79. The van der Waals surface area contributed by atoms with Crippen molar-refractivity contribution in [1.82, 2.24) is 0 Å². The average Bonchev–Trinajstić information content (AvgIpc) is 2.58. The normalized spacial score (nSPS) is 13.0. The van der Waals surface area contributed by atoms with E-state index in [-0.39, 0.29) is 45.7 Å². The molecule has 118 valence electrons. The molecule has 3 N–H and O–H groups in total. The van der Waals surface area contributed by atoms with Crippen molar-refractivity contribution in [1.29, 1.82) is 0 Å². The number of aliphatic hydroxyl groups excluding tert-OH is 1. The van der Waals surface area contributed by atoms with Gasteiger partial charge in [-0.1, -0.05) is 18.2 Å². The largest absolute Gasteiger partial charge is 0.507 e. The van der Waals surface area contributed by atoms with E-state index in [4.69, 9.17) is 0 Å². The summed E-state index contributed by atoms with van der Waals surface area (Å²) < 4.78 is 0. The molecule has 5 nitrogen and oxygen atoms in total. The first-order valence-corrected chi connectivity index (χ1v) is 7.33. The molecular formula is C19H12O5. The minimum absolute atomic E-state index is 0.0131. The van der Waals surface area contributed by atoms with Crippen molar-refractivity contribution >= 4 is 22.3 Å². The molecule has 3 aromatic rings. The van der Waals surface area contributed by atoms with Gasteiger partial charge in [-0.2, -0.15) is 0 Å². The van der Waals surface area contributed by atoms with E-state index in [0.29, 0.717) is 10.9 Å². The summed E-state index contributed by atoms with van der Waals surface area (Å²) in [7, 11) is 0. The minimum atomic E-state index is -0.453. The van der Waals surface area contributed by atoms with E-state index in [9.17, 15) is 24.9 Å². The molecule has 1 aliphatic rings. The van der Waals surface area contributed by atoms with Gasteiger partial charge in [0.2, 0.25) is 0 Å². The monoisotopic (exact) mass is 320 g/mol. The number of hydrogen-bond donors (Lipinski definition) is 3. The van der Waals surface area contributed by atoms with Gasteiger partial charge in [-0.3, -0.25) is 9.59 Å².